The van der Waals surface area contributed by atoms with Crippen molar-refractivity contribution in [1.29, 1.82) is 0 Å². The maximum Gasteiger partial charge on any atom is 0.313 e. The molecule has 0 atom stereocenters. The molecule has 4 nitrogen and oxygen atoms in total. The van der Waals surface area contributed by atoms with Crippen molar-refractivity contribution in [2.75, 3.05) is 19.8 Å². The molecule has 4 heteroatoms. The summed E-state index contributed by atoms with van der Waals surface area (Å²) in [7, 11) is 0. The van der Waals surface area contributed by atoms with Crippen LogP contribution in [-0.2, 0) is 14.3 Å². The third kappa shape index (κ3) is 4.58. The summed E-state index contributed by atoms with van der Waals surface area (Å²) in [5.41, 5.74) is 5.39. The van der Waals surface area contributed by atoms with Crippen molar-refractivity contribution in [3.05, 3.63) is 0 Å². The molecule has 0 heterocycles. The average molecular weight is 257 g/mol. The van der Waals surface area contributed by atoms with E-state index in [1.807, 2.05) is 13.8 Å². The van der Waals surface area contributed by atoms with Crippen LogP contribution in [0.3, 0.4) is 0 Å². The molecule has 1 rings (SSSR count). The molecule has 0 amide bonds. The second-order valence-electron chi connectivity index (χ2n) is 5.45. The topological polar surface area (TPSA) is 61.5 Å². The lowest BCUT2D eigenvalue weighted by Gasteiger charge is -2.28. The Bertz CT molecular complexity index is 245. The van der Waals surface area contributed by atoms with Crippen LogP contribution in [0.5, 0.6) is 0 Å². The van der Waals surface area contributed by atoms with Gasteiger partial charge in [-0.25, -0.2) is 0 Å². The Morgan fingerprint density at radius 1 is 1.17 bits per heavy atom. The van der Waals surface area contributed by atoms with Gasteiger partial charge >= 0.3 is 5.97 Å². The van der Waals surface area contributed by atoms with Gasteiger partial charge in [-0.05, 0) is 26.7 Å². The van der Waals surface area contributed by atoms with E-state index in [0.717, 1.165) is 25.7 Å². The van der Waals surface area contributed by atoms with Crippen molar-refractivity contribution in [2.24, 2.45) is 11.1 Å². The molecule has 106 valence electrons. The minimum atomic E-state index is -0.436. The van der Waals surface area contributed by atoms with Gasteiger partial charge in [-0.1, -0.05) is 25.7 Å². The lowest BCUT2D eigenvalue weighted by molar-refractivity contribution is -0.158. The Kier molecular flexibility index (Phi) is 6.65. The van der Waals surface area contributed by atoms with Crippen LogP contribution >= 0.6 is 0 Å². The molecule has 0 aromatic rings. The Morgan fingerprint density at radius 2 is 1.78 bits per heavy atom. The molecule has 1 fully saturated rings. The Labute approximate surface area is 110 Å². The molecular formula is C14H27NO3. The van der Waals surface area contributed by atoms with Gasteiger partial charge in [-0.3, -0.25) is 4.79 Å². The number of carbonyl (C=O) groups is 1. The van der Waals surface area contributed by atoms with Crippen LogP contribution in [0.1, 0.15) is 52.4 Å². The molecule has 1 aliphatic carbocycles. The SMILES string of the molecule is CC(C)OCCOC(=O)C1(CN)CCCCCC1. The zero-order valence-electron chi connectivity index (χ0n) is 11.7. The first kappa shape index (κ1) is 15.4. The monoisotopic (exact) mass is 257 g/mol. The van der Waals surface area contributed by atoms with E-state index < -0.39 is 5.41 Å². The highest BCUT2D eigenvalue weighted by Crippen LogP contribution is 2.35. The molecule has 0 saturated heterocycles. The van der Waals surface area contributed by atoms with Crippen LogP contribution < -0.4 is 5.73 Å². The van der Waals surface area contributed by atoms with Gasteiger partial charge in [0.15, 0.2) is 0 Å². The summed E-state index contributed by atoms with van der Waals surface area (Å²) in [6, 6.07) is 0. The van der Waals surface area contributed by atoms with Gasteiger partial charge in [0, 0.05) is 6.54 Å². The minimum absolute atomic E-state index is 0.126. The second kappa shape index (κ2) is 7.74. The zero-order valence-corrected chi connectivity index (χ0v) is 11.7. The summed E-state index contributed by atoms with van der Waals surface area (Å²) < 4.78 is 10.7. The molecule has 0 aromatic heterocycles. The summed E-state index contributed by atoms with van der Waals surface area (Å²) >= 11 is 0. The lowest BCUT2D eigenvalue weighted by Crippen LogP contribution is -2.40. The number of hydrogen-bond acceptors (Lipinski definition) is 4. The van der Waals surface area contributed by atoms with E-state index >= 15 is 0 Å². The van der Waals surface area contributed by atoms with Gasteiger partial charge < -0.3 is 15.2 Å². The predicted molar refractivity (Wildman–Crippen MR) is 71.2 cm³/mol. The Balaban J connectivity index is 2.40. The lowest BCUT2D eigenvalue weighted by atomic mass is 9.80. The van der Waals surface area contributed by atoms with E-state index in [2.05, 4.69) is 0 Å². The van der Waals surface area contributed by atoms with Crippen molar-refractivity contribution < 1.29 is 14.3 Å². The third-order valence-electron chi connectivity index (χ3n) is 3.65. The number of esters is 1. The number of hydrogen-bond donors (Lipinski definition) is 1. The van der Waals surface area contributed by atoms with E-state index in [4.69, 9.17) is 15.2 Å². The third-order valence-corrected chi connectivity index (χ3v) is 3.65. The quantitative estimate of drug-likeness (QED) is 0.450. The van der Waals surface area contributed by atoms with Crippen LogP contribution in [0, 0.1) is 5.41 Å². The number of nitrogens with two attached hydrogens (primary N) is 1. The van der Waals surface area contributed by atoms with Gasteiger partial charge in [-0.2, -0.15) is 0 Å². The molecule has 0 aromatic carbocycles. The summed E-state index contributed by atoms with van der Waals surface area (Å²) in [6.45, 7) is 5.13. The van der Waals surface area contributed by atoms with E-state index in [-0.39, 0.29) is 12.1 Å². The number of carbonyl (C=O) groups excluding carboxylic acids is 1. The summed E-state index contributed by atoms with van der Waals surface area (Å²) in [4.78, 5) is 12.2. The van der Waals surface area contributed by atoms with Gasteiger partial charge in [0.1, 0.15) is 6.61 Å². The van der Waals surface area contributed by atoms with Crippen LogP contribution in [0.25, 0.3) is 0 Å². The first-order valence-electron chi connectivity index (χ1n) is 7.09. The highest BCUT2D eigenvalue weighted by Gasteiger charge is 2.38. The molecule has 1 aliphatic rings. The number of rotatable bonds is 6. The molecule has 1 saturated carbocycles. The average Bonchev–Trinajstić information content (AvgIpc) is 2.60. The van der Waals surface area contributed by atoms with E-state index in [1.54, 1.807) is 0 Å². The summed E-state index contributed by atoms with van der Waals surface area (Å²) in [5.74, 6) is -0.126. The molecule has 0 bridgehead atoms. The highest BCUT2D eigenvalue weighted by atomic mass is 16.6. The van der Waals surface area contributed by atoms with Crippen molar-refractivity contribution in [2.45, 2.75) is 58.5 Å². The van der Waals surface area contributed by atoms with Crippen molar-refractivity contribution in [3.63, 3.8) is 0 Å². The highest BCUT2D eigenvalue weighted by molar-refractivity contribution is 5.77. The predicted octanol–water partition coefficient (Wildman–Crippen LogP) is 2.25. The largest absolute Gasteiger partial charge is 0.463 e. The normalized spacial score (nSPS) is 19.6. The smallest absolute Gasteiger partial charge is 0.313 e. The van der Waals surface area contributed by atoms with E-state index in [1.165, 1.54) is 12.8 Å². The molecular weight excluding hydrogens is 230 g/mol. The Morgan fingerprint density at radius 3 is 2.28 bits per heavy atom. The second-order valence-corrected chi connectivity index (χ2v) is 5.45. The molecule has 0 aliphatic heterocycles. The van der Waals surface area contributed by atoms with Crippen LogP contribution in [0.2, 0.25) is 0 Å². The van der Waals surface area contributed by atoms with Crippen LogP contribution in [0.4, 0.5) is 0 Å². The summed E-state index contributed by atoms with van der Waals surface area (Å²) in [5, 5.41) is 0. The molecule has 2 N–H and O–H groups in total. The van der Waals surface area contributed by atoms with Gasteiger partial charge in [0.05, 0.1) is 18.1 Å². The summed E-state index contributed by atoms with van der Waals surface area (Å²) in [6.07, 6.45) is 6.46. The minimum Gasteiger partial charge on any atom is -0.463 e. The van der Waals surface area contributed by atoms with Crippen molar-refractivity contribution >= 4 is 5.97 Å². The zero-order chi connectivity index (χ0) is 13.4. The van der Waals surface area contributed by atoms with Gasteiger partial charge in [-0.15, -0.1) is 0 Å². The van der Waals surface area contributed by atoms with Gasteiger partial charge in [0.25, 0.3) is 0 Å². The molecule has 0 spiro atoms. The van der Waals surface area contributed by atoms with Gasteiger partial charge in [0.2, 0.25) is 0 Å². The fraction of sp³-hybridized carbons (Fsp3) is 0.929. The molecule has 0 radical (unpaired) electrons. The first-order chi connectivity index (χ1) is 8.60. The fourth-order valence-electron chi connectivity index (χ4n) is 2.47. The number of ether oxygens (including phenoxy) is 2. The fourth-order valence-corrected chi connectivity index (χ4v) is 2.47. The van der Waals surface area contributed by atoms with E-state index in [9.17, 15) is 4.79 Å². The molecule has 0 unspecified atom stereocenters. The first-order valence-corrected chi connectivity index (χ1v) is 7.09. The maximum absolute atomic E-state index is 12.2. The Hall–Kier alpha value is -0.610. The molecule has 18 heavy (non-hydrogen) atoms. The van der Waals surface area contributed by atoms with Crippen LogP contribution in [-0.4, -0.2) is 31.8 Å². The van der Waals surface area contributed by atoms with E-state index in [0.29, 0.717) is 19.8 Å². The van der Waals surface area contributed by atoms with Crippen molar-refractivity contribution in [1.82, 2.24) is 0 Å². The van der Waals surface area contributed by atoms with Crippen LogP contribution in [0.15, 0.2) is 0 Å². The maximum atomic E-state index is 12.2. The standard InChI is InChI=1S/C14H27NO3/c1-12(2)17-9-10-18-13(16)14(11-15)7-5-3-4-6-8-14/h12H,3-11,15H2,1-2H3. The van der Waals surface area contributed by atoms with Crippen molar-refractivity contribution in [3.8, 4) is 0 Å².